The molecule has 0 aromatic carbocycles. The maximum absolute atomic E-state index is 11.3. The second-order valence-corrected chi connectivity index (χ2v) is 5.56. The van der Waals surface area contributed by atoms with Gasteiger partial charge in [0.05, 0.1) is 5.75 Å². The van der Waals surface area contributed by atoms with Crippen molar-refractivity contribution in [1.29, 1.82) is 0 Å². The Kier molecular flexibility index (Phi) is 7.33. The molecule has 0 aliphatic rings. The van der Waals surface area contributed by atoms with Crippen LogP contribution in [-0.4, -0.2) is 44.1 Å². The number of rotatable bonds is 8. The van der Waals surface area contributed by atoms with Gasteiger partial charge in [-0.05, 0) is 12.8 Å². The van der Waals surface area contributed by atoms with Crippen molar-refractivity contribution in [1.82, 2.24) is 5.32 Å². The van der Waals surface area contributed by atoms with E-state index >= 15 is 0 Å². The summed E-state index contributed by atoms with van der Waals surface area (Å²) in [4.78, 5) is 11.1. The molecule has 2 N–H and O–H groups in total. The Balaban J connectivity index is 3.84. The maximum atomic E-state index is 11.3. The van der Waals surface area contributed by atoms with E-state index in [4.69, 9.17) is 5.11 Å². The Hall–Kier alpha value is -0.620. The predicted molar refractivity (Wildman–Crippen MR) is 58.3 cm³/mol. The monoisotopic (exact) mass is 237 g/mol. The largest absolute Gasteiger partial charge is 0.396 e. The van der Waals surface area contributed by atoms with Crippen LogP contribution in [0, 0.1) is 0 Å². The van der Waals surface area contributed by atoms with E-state index in [2.05, 4.69) is 5.32 Å². The van der Waals surface area contributed by atoms with Crippen LogP contribution >= 0.6 is 0 Å². The van der Waals surface area contributed by atoms with Gasteiger partial charge in [0, 0.05) is 13.2 Å². The van der Waals surface area contributed by atoms with Gasteiger partial charge in [-0.3, -0.25) is 4.79 Å². The Morgan fingerprint density at radius 1 is 1.33 bits per heavy atom. The topological polar surface area (TPSA) is 83.5 Å². The third-order valence-corrected chi connectivity index (χ3v) is 3.43. The second-order valence-electron chi connectivity index (χ2n) is 3.37. The van der Waals surface area contributed by atoms with Crippen LogP contribution in [0.2, 0.25) is 0 Å². The van der Waals surface area contributed by atoms with Crippen LogP contribution in [-0.2, 0) is 14.6 Å². The minimum Gasteiger partial charge on any atom is -0.396 e. The van der Waals surface area contributed by atoms with Crippen molar-refractivity contribution in [2.24, 2.45) is 0 Å². The van der Waals surface area contributed by atoms with Crippen LogP contribution in [0.25, 0.3) is 0 Å². The molecule has 5 nitrogen and oxygen atoms in total. The lowest BCUT2D eigenvalue weighted by Gasteiger charge is -2.04. The molecule has 0 radical (unpaired) electrons. The number of hydrogen-bond acceptors (Lipinski definition) is 4. The third-order valence-electron chi connectivity index (χ3n) is 1.82. The molecule has 15 heavy (non-hydrogen) atoms. The number of nitrogens with one attached hydrogen (secondary N) is 1. The number of sulfone groups is 1. The van der Waals surface area contributed by atoms with Crippen molar-refractivity contribution in [3.63, 3.8) is 0 Å². The molecule has 0 aromatic rings. The smallest absolute Gasteiger partial charge is 0.235 e. The summed E-state index contributed by atoms with van der Waals surface area (Å²) in [5.74, 6) is -1.07. The molecule has 0 fully saturated rings. The molecule has 0 unspecified atom stereocenters. The summed E-state index contributed by atoms with van der Waals surface area (Å²) in [6.45, 7) is 2.34. The molecule has 0 spiro atoms. The minimum atomic E-state index is -3.35. The lowest BCUT2D eigenvalue weighted by molar-refractivity contribution is -0.118. The van der Waals surface area contributed by atoms with Crippen LogP contribution in [0.4, 0.5) is 0 Å². The molecule has 0 saturated carbocycles. The average Bonchev–Trinajstić information content (AvgIpc) is 2.14. The maximum Gasteiger partial charge on any atom is 0.235 e. The fraction of sp³-hybridized carbons (Fsp3) is 0.889. The van der Waals surface area contributed by atoms with Gasteiger partial charge < -0.3 is 10.4 Å². The summed E-state index contributed by atoms with van der Waals surface area (Å²) in [5.41, 5.74) is 0. The summed E-state index contributed by atoms with van der Waals surface area (Å²) < 4.78 is 22.5. The highest BCUT2D eigenvalue weighted by atomic mass is 32.2. The number of hydrogen-bond donors (Lipinski definition) is 2. The van der Waals surface area contributed by atoms with Crippen molar-refractivity contribution in [3.8, 4) is 0 Å². The van der Waals surface area contributed by atoms with E-state index < -0.39 is 21.5 Å². The van der Waals surface area contributed by atoms with Crippen LogP contribution < -0.4 is 5.32 Å². The molecule has 0 heterocycles. The Morgan fingerprint density at radius 3 is 2.53 bits per heavy atom. The predicted octanol–water partition coefficient (Wildman–Crippen LogP) is -0.300. The highest BCUT2D eigenvalue weighted by molar-refractivity contribution is 7.92. The quantitative estimate of drug-likeness (QED) is 0.568. The van der Waals surface area contributed by atoms with Gasteiger partial charge in [-0.15, -0.1) is 0 Å². The van der Waals surface area contributed by atoms with E-state index in [0.29, 0.717) is 6.54 Å². The first-order chi connectivity index (χ1) is 7.02. The molecule has 6 heteroatoms. The van der Waals surface area contributed by atoms with Gasteiger partial charge in [0.15, 0.2) is 9.84 Å². The molecule has 0 saturated heterocycles. The van der Waals surface area contributed by atoms with E-state index in [1.807, 2.05) is 6.92 Å². The van der Waals surface area contributed by atoms with E-state index in [-0.39, 0.29) is 18.8 Å². The number of carbonyl (C=O) groups excluding carboxylic acids is 1. The van der Waals surface area contributed by atoms with Crippen LogP contribution in [0.15, 0.2) is 0 Å². The van der Waals surface area contributed by atoms with Gasteiger partial charge in [0.2, 0.25) is 5.91 Å². The zero-order valence-corrected chi connectivity index (χ0v) is 9.85. The standard InChI is InChI=1S/C9H19NO4S/c1-2-3-5-10-9(12)8-15(13,14)7-4-6-11/h11H,2-8H2,1H3,(H,10,12). The second kappa shape index (κ2) is 7.64. The Morgan fingerprint density at radius 2 is 2.00 bits per heavy atom. The fourth-order valence-electron chi connectivity index (χ4n) is 1.01. The highest BCUT2D eigenvalue weighted by Crippen LogP contribution is 1.93. The summed E-state index contributed by atoms with van der Waals surface area (Å²) in [6, 6.07) is 0. The number of aliphatic hydroxyl groups is 1. The van der Waals surface area contributed by atoms with Gasteiger partial charge in [-0.1, -0.05) is 13.3 Å². The first-order valence-corrected chi connectivity index (χ1v) is 6.92. The highest BCUT2D eigenvalue weighted by Gasteiger charge is 2.15. The Labute approximate surface area is 90.8 Å². The summed E-state index contributed by atoms with van der Waals surface area (Å²) in [7, 11) is -3.35. The SMILES string of the molecule is CCCCNC(=O)CS(=O)(=O)CCCO. The van der Waals surface area contributed by atoms with Gasteiger partial charge in [-0.25, -0.2) is 8.42 Å². The van der Waals surface area contributed by atoms with Crippen molar-refractivity contribution < 1.29 is 18.3 Å². The number of amides is 1. The number of aliphatic hydroxyl groups excluding tert-OH is 1. The number of carbonyl (C=O) groups is 1. The van der Waals surface area contributed by atoms with Gasteiger partial charge in [-0.2, -0.15) is 0 Å². The summed E-state index contributed by atoms with van der Waals surface area (Å²) >= 11 is 0. The minimum absolute atomic E-state index is 0.134. The van der Waals surface area contributed by atoms with E-state index in [1.54, 1.807) is 0 Å². The van der Waals surface area contributed by atoms with Crippen LogP contribution in [0.5, 0.6) is 0 Å². The fourth-order valence-corrected chi connectivity index (χ4v) is 2.23. The molecular weight excluding hydrogens is 218 g/mol. The van der Waals surface area contributed by atoms with E-state index in [9.17, 15) is 13.2 Å². The first kappa shape index (κ1) is 14.4. The van der Waals surface area contributed by atoms with Crippen LogP contribution in [0.1, 0.15) is 26.2 Å². The molecule has 0 atom stereocenters. The average molecular weight is 237 g/mol. The van der Waals surface area contributed by atoms with Crippen molar-refractivity contribution >= 4 is 15.7 Å². The molecule has 90 valence electrons. The molecule has 0 aliphatic carbocycles. The van der Waals surface area contributed by atoms with Crippen molar-refractivity contribution in [3.05, 3.63) is 0 Å². The van der Waals surface area contributed by atoms with Crippen molar-refractivity contribution in [2.45, 2.75) is 26.2 Å². The Bertz CT molecular complexity index is 274. The normalized spacial score (nSPS) is 11.3. The molecule has 0 rings (SSSR count). The van der Waals surface area contributed by atoms with Gasteiger partial charge in [0.1, 0.15) is 5.75 Å². The third kappa shape index (κ3) is 8.38. The summed E-state index contributed by atoms with van der Waals surface area (Å²) in [6.07, 6.45) is 1.99. The number of unbranched alkanes of at least 4 members (excludes halogenated alkanes) is 1. The summed E-state index contributed by atoms with van der Waals surface area (Å²) in [5, 5.41) is 11.0. The molecule has 1 amide bonds. The van der Waals surface area contributed by atoms with Gasteiger partial charge >= 0.3 is 0 Å². The molecule has 0 aromatic heterocycles. The van der Waals surface area contributed by atoms with Gasteiger partial charge in [0.25, 0.3) is 0 Å². The lowest BCUT2D eigenvalue weighted by atomic mass is 10.3. The van der Waals surface area contributed by atoms with E-state index in [0.717, 1.165) is 12.8 Å². The zero-order valence-electron chi connectivity index (χ0n) is 9.03. The molecule has 0 aliphatic heterocycles. The van der Waals surface area contributed by atoms with Crippen molar-refractivity contribution in [2.75, 3.05) is 24.7 Å². The first-order valence-electron chi connectivity index (χ1n) is 5.10. The molecule has 0 bridgehead atoms. The zero-order chi connectivity index (χ0) is 11.7. The van der Waals surface area contributed by atoms with E-state index in [1.165, 1.54) is 0 Å². The van der Waals surface area contributed by atoms with Crippen LogP contribution in [0.3, 0.4) is 0 Å². The molecular formula is C9H19NO4S. The lowest BCUT2D eigenvalue weighted by Crippen LogP contribution is -2.32.